The third-order valence-electron chi connectivity index (χ3n) is 2.47. The van der Waals surface area contributed by atoms with E-state index in [0.717, 1.165) is 0 Å². The third kappa shape index (κ3) is 2.82. The van der Waals surface area contributed by atoms with E-state index in [1.54, 1.807) is 31.2 Å². The minimum absolute atomic E-state index is 0.271. The van der Waals surface area contributed by atoms with E-state index in [2.05, 4.69) is 10.6 Å². The van der Waals surface area contributed by atoms with Crippen LogP contribution in [-0.4, -0.2) is 23.1 Å². The van der Waals surface area contributed by atoms with E-state index in [1.807, 2.05) is 0 Å². The molecule has 0 bridgehead atoms. The van der Waals surface area contributed by atoms with Gasteiger partial charge in [0.05, 0.1) is 5.52 Å². The number of para-hydroxylation sites is 2. The van der Waals surface area contributed by atoms with Crippen LogP contribution in [0.25, 0.3) is 11.1 Å². The third-order valence-corrected chi connectivity index (χ3v) is 2.47. The van der Waals surface area contributed by atoms with Gasteiger partial charge >= 0.3 is 11.8 Å². The van der Waals surface area contributed by atoms with Gasteiger partial charge in [0.25, 0.3) is 0 Å². The number of carbonyl (C=O) groups is 2. The molecule has 1 heterocycles. The lowest BCUT2D eigenvalue weighted by molar-refractivity contribution is -0.120. The quantitative estimate of drug-likeness (QED) is 0.840. The standard InChI is InChI=1S/C12H13N3O4/c1-2-13-11(17)14-10(16)7-15-8-5-3-4-6-9(8)19-12(15)18/h3-6H,2,7H2,1H3,(H2,13,14,16,17). The van der Waals surface area contributed by atoms with E-state index in [0.29, 0.717) is 17.6 Å². The van der Waals surface area contributed by atoms with Gasteiger partial charge in [0.1, 0.15) is 6.54 Å². The number of nitrogens with one attached hydrogen (secondary N) is 2. The van der Waals surface area contributed by atoms with Gasteiger partial charge in [-0.15, -0.1) is 0 Å². The molecule has 0 aliphatic carbocycles. The predicted molar refractivity (Wildman–Crippen MR) is 67.7 cm³/mol. The lowest BCUT2D eigenvalue weighted by atomic mass is 10.3. The summed E-state index contributed by atoms with van der Waals surface area (Å²) in [5.74, 6) is -1.22. The summed E-state index contributed by atoms with van der Waals surface area (Å²) in [5.41, 5.74) is 0.914. The van der Waals surface area contributed by atoms with Crippen molar-refractivity contribution < 1.29 is 14.0 Å². The molecule has 0 atom stereocenters. The first kappa shape index (κ1) is 12.9. The molecule has 0 aliphatic rings. The summed E-state index contributed by atoms with van der Waals surface area (Å²) in [5, 5.41) is 4.55. The molecule has 3 amide bonds. The second-order valence-corrected chi connectivity index (χ2v) is 3.83. The molecule has 1 aromatic heterocycles. The van der Waals surface area contributed by atoms with E-state index in [4.69, 9.17) is 4.42 Å². The lowest BCUT2D eigenvalue weighted by Gasteiger charge is -2.04. The Morgan fingerprint density at radius 2 is 2.05 bits per heavy atom. The van der Waals surface area contributed by atoms with Gasteiger partial charge in [-0.2, -0.15) is 0 Å². The van der Waals surface area contributed by atoms with Crippen LogP contribution in [0.1, 0.15) is 6.92 Å². The summed E-state index contributed by atoms with van der Waals surface area (Å²) in [6.07, 6.45) is 0. The Morgan fingerprint density at radius 1 is 1.32 bits per heavy atom. The monoisotopic (exact) mass is 263 g/mol. The van der Waals surface area contributed by atoms with Gasteiger partial charge in [-0.3, -0.25) is 14.7 Å². The minimum Gasteiger partial charge on any atom is -0.408 e. The van der Waals surface area contributed by atoms with E-state index >= 15 is 0 Å². The average molecular weight is 263 g/mol. The molecule has 0 radical (unpaired) electrons. The highest BCUT2D eigenvalue weighted by atomic mass is 16.4. The minimum atomic E-state index is -0.632. The molecule has 19 heavy (non-hydrogen) atoms. The van der Waals surface area contributed by atoms with Crippen LogP contribution in [0, 0.1) is 0 Å². The van der Waals surface area contributed by atoms with Crippen LogP contribution in [0.2, 0.25) is 0 Å². The number of imide groups is 1. The van der Waals surface area contributed by atoms with Gasteiger partial charge in [0.2, 0.25) is 5.91 Å². The second kappa shape index (κ2) is 5.38. The van der Waals surface area contributed by atoms with Gasteiger partial charge in [-0.05, 0) is 19.1 Å². The maximum absolute atomic E-state index is 11.6. The number of hydrogen-bond acceptors (Lipinski definition) is 4. The Kier molecular flexibility index (Phi) is 3.65. The van der Waals surface area contributed by atoms with Gasteiger partial charge < -0.3 is 9.73 Å². The van der Waals surface area contributed by atoms with Crippen LogP contribution >= 0.6 is 0 Å². The molecule has 0 fully saturated rings. The molecule has 7 heteroatoms. The first-order chi connectivity index (χ1) is 9.11. The number of rotatable bonds is 3. The molecular weight excluding hydrogens is 250 g/mol. The summed E-state index contributed by atoms with van der Waals surface area (Å²) >= 11 is 0. The Balaban J connectivity index is 2.17. The number of benzene rings is 1. The van der Waals surface area contributed by atoms with Crippen LogP contribution in [0.5, 0.6) is 0 Å². The summed E-state index contributed by atoms with van der Waals surface area (Å²) < 4.78 is 6.15. The van der Waals surface area contributed by atoms with Gasteiger partial charge in [-0.25, -0.2) is 9.59 Å². The summed E-state index contributed by atoms with van der Waals surface area (Å²) in [7, 11) is 0. The smallest absolute Gasteiger partial charge is 0.408 e. The van der Waals surface area contributed by atoms with Crippen molar-refractivity contribution in [2.45, 2.75) is 13.5 Å². The van der Waals surface area contributed by atoms with E-state index in [9.17, 15) is 14.4 Å². The lowest BCUT2D eigenvalue weighted by Crippen LogP contribution is -2.41. The van der Waals surface area contributed by atoms with Crippen molar-refractivity contribution in [3.63, 3.8) is 0 Å². The predicted octanol–water partition coefficient (Wildman–Crippen LogP) is 0.440. The first-order valence-corrected chi connectivity index (χ1v) is 5.78. The Labute approximate surface area is 108 Å². The number of aromatic nitrogens is 1. The fourth-order valence-corrected chi connectivity index (χ4v) is 1.68. The van der Waals surface area contributed by atoms with E-state index < -0.39 is 17.7 Å². The second-order valence-electron chi connectivity index (χ2n) is 3.83. The molecule has 0 aliphatic heterocycles. The summed E-state index contributed by atoms with van der Waals surface area (Å²) in [4.78, 5) is 34.4. The number of fused-ring (bicyclic) bond motifs is 1. The van der Waals surface area contributed by atoms with Crippen molar-refractivity contribution >= 4 is 23.0 Å². The molecule has 2 rings (SSSR count). The molecule has 0 saturated carbocycles. The number of carbonyl (C=O) groups excluding carboxylic acids is 2. The number of urea groups is 1. The van der Waals surface area contributed by atoms with Crippen molar-refractivity contribution in [3.8, 4) is 0 Å². The molecule has 1 aromatic carbocycles. The van der Waals surface area contributed by atoms with E-state index in [-0.39, 0.29) is 6.54 Å². The molecule has 2 N–H and O–H groups in total. The number of oxazole rings is 1. The Bertz CT molecular complexity index is 671. The van der Waals surface area contributed by atoms with Crippen molar-refractivity contribution in [3.05, 3.63) is 34.8 Å². The van der Waals surface area contributed by atoms with Crippen LogP contribution < -0.4 is 16.4 Å². The number of nitrogens with zero attached hydrogens (tertiary/aromatic N) is 1. The van der Waals surface area contributed by atoms with Crippen molar-refractivity contribution in [1.82, 2.24) is 15.2 Å². The Hall–Kier alpha value is -2.57. The highest BCUT2D eigenvalue weighted by molar-refractivity contribution is 5.94. The first-order valence-electron chi connectivity index (χ1n) is 5.78. The van der Waals surface area contributed by atoms with Crippen LogP contribution in [0.15, 0.2) is 33.5 Å². The Morgan fingerprint density at radius 3 is 2.79 bits per heavy atom. The zero-order valence-corrected chi connectivity index (χ0v) is 10.3. The maximum Gasteiger partial charge on any atom is 0.420 e. The average Bonchev–Trinajstić information content (AvgIpc) is 2.66. The zero-order chi connectivity index (χ0) is 13.8. The normalized spacial score (nSPS) is 10.4. The summed E-state index contributed by atoms with van der Waals surface area (Å²) in [6, 6.07) is 6.17. The van der Waals surface area contributed by atoms with Gasteiger partial charge in [0.15, 0.2) is 5.58 Å². The number of hydrogen-bond donors (Lipinski definition) is 2. The topological polar surface area (TPSA) is 93.3 Å². The highest BCUT2D eigenvalue weighted by Crippen LogP contribution is 2.11. The SMILES string of the molecule is CCNC(=O)NC(=O)Cn1c(=O)oc2ccccc21. The maximum atomic E-state index is 11.6. The van der Waals surface area contributed by atoms with Crippen molar-refractivity contribution in [2.75, 3.05) is 6.54 Å². The molecule has 0 saturated heterocycles. The molecule has 0 spiro atoms. The van der Waals surface area contributed by atoms with Gasteiger partial charge in [0, 0.05) is 6.54 Å². The number of amides is 3. The largest absolute Gasteiger partial charge is 0.420 e. The van der Waals surface area contributed by atoms with Crippen LogP contribution in [0.4, 0.5) is 4.79 Å². The molecule has 2 aromatic rings. The van der Waals surface area contributed by atoms with Crippen molar-refractivity contribution in [1.29, 1.82) is 0 Å². The fourth-order valence-electron chi connectivity index (χ4n) is 1.68. The van der Waals surface area contributed by atoms with Crippen LogP contribution in [0.3, 0.4) is 0 Å². The molecule has 7 nitrogen and oxygen atoms in total. The van der Waals surface area contributed by atoms with Gasteiger partial charge in [-0.1, -0.05) is 12.1 Å². The molecule has 100 valence electrons. The molecule has 0 unspecified atom stereocenters. The van der Waals surface area contributed by atoms with Crippen LogP contribution in [-0.2, 0) is 11.3 Å². The highest BCUT2D eigenvalue weighted by Gasteiger charge is 2.13. The van der Waals surface area contributed by atoms with E-state index in [1.165, 1.54) is 4.57 Å². The molecular formula is C12H13N3O4. The van der Waals surface area contributed by atoms with Crippen molar-refractivity contribution in [2.24, 2.45) is 0 Å². The fraction of sp³-hybridized carbons (Fsp3) is 0.250. The summed E-state index contributed by atoms with van der Waals surface area (Å²) in [6.45, 7) is 1.87. The zero-order valence-electron chi connectivity index (χ0n) is 10.3.